The van der Waals surface area contributed by atoms with Crippen LogP contribution in [0.4, 0.5) is 5.69 Å². The molecular formula is C21H17N2O3P. The lowest BCUT2D eigenvalue weighted by Crippen LogP contribution is -2.14. The lowest BCUT2D eigenvalue weighted by Gasteiger charge is -2.13. The fourth-order valence-corrected chi connectivity index (χ4v) is 4.60. The lowest BCUT2D eigenvalue weighted by molar-refractivity contribution is -0.385. The van der Waals surface area contributed by atoms with E-state index < -0.39 is 12.2 Å². The molecule has 0 aromatic heterocycles. The van der Waals surface area contributed by atoms with Crippen LogP contribution in [0.2, 0.25) is 0 Å². The second-order valence-corrected chi connectivity index (χ2v) is 8.10. The molecule has 0 heterocycles. The molecule has 0 saturated heterocycles. The summed E-state index contributed by atoms with van der Waals surface area (Å²) in [6.45, 7) is 0. The molecule has 5 nitrogen and oxygen atoms in total. The van der Waals surface area contributed by atoms with Gasteiger partial charge in [-0.05, 0) is 42.5 Å². The molecule has 3 rings (SSSR count). The molecule has 0 radical (unpaired) electrons. The molecule has 0 saturated carbocycles. The van der Waals surface area contributed by atoms with Gasteiger partial charge in [0.25, 0.3) is 5.69 Å². The standard InChI is InChI=1S/C21H17N2O3P/c24-23(25)21-16-8-7-10-18(21)11-9-17-22-27(26,19-12-3-1-4-13-19)20-14-5-2-6-15-20/h1-17H/b11-9+,22-17?. The molecule has 0 fully saturated rings. The van der Waals surface area contributed by atoms with Gasteiger partial charge in [0, 0.05) is 22.9 Å². The molecule has 0 aliphatic carbocycles. The Morgan fingerprint density at radius 3 is 1.89 bits per heavy atom. The van der Waals surface area contributed by atoms with Crippen LogP contribution in [0, 0.1) is 10.1 Å². The van der Waals surface area contributed by atoms with E-state index >= 15 is 0 Å². The first-order valence-corrected chi connectivity index (χ1v) is 9.94. The Morgan fingerprint density at radius 1 is 0.815 bits per heavy atom. The Balaban J connectivity index is 1.95. The van der Waals surface area contributed by atoms with Gasteiger partial charge in [0.15, 0.2) is 0 Å². The van der Waals surface area contributed by atoms with Gasteiger partial charge in [0.2, 0.25) is 7.29 Å². The maximum atomic E-state index is 13.7. The van der Waals surface area contributed by atoms with Gasteiger partial charge in [-0.3, -0.25) is 14.7 Å². The van der Waals surface area contributed by atoms with E-state index in [4.69, 9.17) is 0 Å². The summed E-state index contributed by atoms with van der Waals surface area (Å²) >= 11 is 0. The summed E-state index contributed by atoms with van der Waals surface area (Å²) in [4.78, 5) is 10.6. The average molecular weight is 376 g/mol. The van der Waals surface area contributed by atoms with Crippen LogP contribution in [-0.2, 0) is 4.57 Å². The van der Waals surface area contributed by atoms with Crippen molar-refractivity contribution < 1.29 is 9.49 Å². The van der Waals surface area contributed by atoms with Crippen molar-refractivity contribution in [3.8, 4) is 0 Å². The highest BCUT2D eigenvalue weighted by Gasteiger charge is 2.25. The molecule has 0 spiro atoms. The maximum absolute atomic E-state index is 13.7. The number of hydrogen-bond acceptors (Lipinski definition) is 3. The largest absolute Gasteiger partial charge is 0.288 e. The minimum Gasteiger partial charge on any atom is -0.288 e. The molecule has 0 N–H and O–H groups in total. The summed E-state index contributed by atoms with van der Waals surface area (Å²) < 4.78 is 18.0. The Morgan fingerprint density at radius 2 is 1.33 bits per heavy atom. The molecule has 3 aromatic carbocycles. The van der Waals surface area contributed by atoms with Crippen molar-refractivity contribution >= 4 is 35.9 Å². The first-order valence-electron chi connectivity index (χ1n) is 8.28. The summed E-state index contributed by atoms with van der Waals surface area (Å²) in [7, 11) is -3.19. The van der Waals surface area contributed by atoms with E-state index in [2.05, 4.69) is 4.76 Å². The molecule has 27 heavy (non-hydrogen) atoms. The Labute approximate surface area is 157 Å². The first kappa shape index (κ1) is 18.5. The molecular weight excluding hydrogens is 359 g/mol. The van der Waals surface area contributed by atoms with Crippen molar-refractivity contribution in [1.82, 2.24) is 0 Å². The number of para-hydroxylation sites is 1. The summed E-state index contributed by atoms with van der Waals surface area (Å²) in [5.41, 5.74) is 0.472. The molecule has 134 valence electrons. The summed E-state index contributed by atoms with van der Waals surface area (Å²) in [5, 5.41) is 12.3. The summed E-state index contributed by atoms with van der Waals surface area (Å²) in [5.74, 6) is 0. The molecule has 0 bridgehead atoms. The molecule has 0 atom stereocenters. The highest BCUT2D eigenvalue weighted by molar-refractivity contribution is 7.77. The zero-order chi connectivity index (χ0) is 19.1. The smallest absolute Gasteiger partial charge is 0.276 e. The number of rotatable bonds is 6. The van der Waals surface area contributed by atoms with Gasteiger partial charge in [-0.15, -0.1) is 0 Å². The zero-order valence-electron chi connectivity index (χ0n) is 14.4. The number of benzene rings is 3. The van der Waals surface area contributed by atoms with E-state index in [1.54, 1.807) is 54.6 Å². The molecule has 0 aliphatic heterocycles. The van der Waals surface area contributed by atoms with Gasteiger partial charge in [-0.25, -0.2) is 4.76 Å². The fraction of sp³-hybridized carbons (Fsp3) is 0. The molecule has 0 unspecified atom stereocenters. The SMILES string of the molecule is O=[N+]([O-])c1ccccc1/C=C/C=NP(=O)(c1ccccc1)c1ccccc1. The number of allylic oxidation sites excluding steroid dienone is 1. The Hall–Kier alpha value is -3.30. The average Bonchev–Trinajstić information content (AvgIpc) is 2.72. The topological polar surface area (TPSA) is 72.6 Å². The maximum Gasteiger partial charge on any atom is 0.276 e. The Bertz CT molecular complexity index is 988. The van der Waals surface area contributed by atoms with Crippen LogP contribution in [0.25, 0.3) is 6.08 Å². The van der Waals surface area contributed by atoms with Crippen molar-refractivity contribution in [1.29, 1.82) is 0 Å². The number of nitro groups is 1. The van der Waals surface area contributed by atoms with Crippen molar-refractivity contribution in [2.75, 3.05) is 0 Å². The first-order chi connectivity index (χ1) is 13.1. The van der Waals surface area contributed by atoms with Crippen molar-refractivity contribution in [2.45, 2.75) is 0 Å². The molecule has 0 amide bonds. The van der Waals surface area contributed by atoms with Crippen LogP contribution in [0.15, 0.2) is 95.8 Å². The number of hydrogen-bond donors (Lipinski definition) is 0. The predicted molar refractivity (Wildman–Crippen MR) is 110 cm³/mol. The second-order valence-electron chi connectivity index (χ2n) is 5.69. The van der Waals surface area contributed by atoms with Crippen LogP contribution in [-0.4, -0.2) is 11.1 Å². The van der Waals surface area contributed by atoms with E-state index in [1.807, 2.05) is 36.4 Å². The van der Waals surface area contributed by atoms with Crippen LogP contribution in [0.5, 0.6) is 0 Å². The summed E-state index contributed by atoms with van der Waals surface area (Å²) in [6, 6.07) is 24.6. The predicted octanol–water partition coefficient (Wildman–Crippen LogP) is 4.61. The van der Waals surface area contributed by atoms with Gasteiger partial charge < -0.3 is 0 Å². The number of nitrogens with zero attached hydrogens (tertiary/aromatic N) is 2. The number of nitro benzene ring substituents is 1. The highest BCUT2D eigenvalue weighted by Crippen LogP contribution is 2.44. The van der Waals surface area contributed by atoms with E-state index in [9.17, 15) is 14.7 Å². The minimum atomic E-state index is -3.19. The highest BCUT2D eigenvalue weighted by atomic mass is 31.2. The molecule has 0 aliphatic rings. The van der Waals surface area contributed by atoms with Crippen molar-refractivity contribution in [3.05, 3.63) is 107 Å². The molecule has 6 heteroatoms. The van der Waals surface area contributed by atoms with Crippen molar-refractivity contribution in [2.24, 2.45) is 4.76 Å². The van der Waals surface area contributed by atoms with Gasteiger partial charge >= 0.3 is 0 Å². The molecule has 3 aromatic rings. The zero-order valence-corrected chi connectivity index (χ0v) is 15.3. The normalized spacial score (nSPS) is 11.9. The minimum absolute atomic E-state index is 0.0106. The fourth-order valence-electron chi connectivity index (χ4n) is 2.62. The second kappa shape index (κ2) is 8.39. The monoisotopic (exact) mass is 376 g/mol. The van der Waals surface area contributed by atoms with E-state index in [0.29, 0.717) is 16.2 Å². The Kier molecular flexibility index (Phi) is 5.74. The van der Waals surface area contributed by atoms with Crippen LogP contribution in [0.1, 0.15) is 5.56 Å². The van der Waals surface area contributed by atoms with Gasteiger partial charge in [-0.2, -0.15) is 0 Å². The van der Waals surface area contributed by atoms with Crippen LogP contribution >= 0.6 is 7.29 Å². The third-order valence-electron chi connectivity index (χ3n) is 3.94. The third-order valence-corrected chi connectivity index (χ3v) is 6.39. The third kappa shape index (κ3) is 4.27. The van der Waals surface area contributed by atoms with Gasteiger partial charge in [-0.1, -0.05) is 48.5 Å². The van der Waals surface area contributed by atoms with Crippen LogP contribution in [0.3, 0.4) is 0 Å². The van der Waals surface area contributed by atoms with E-state index in [1.165, 1.54) is 12.3 Å². The van der Waals surface area contributed by atoms with Crippen molar-refractivity contribution in [3.63, 3.8) is 0 Å². The quantitative estimate of drug-likeness (QED) is 0.273. The lowest BCUT2D eigenvalue weighted by atomic mass is 10.2. The van der Waals surface area contributed by atoms with Gasteiger partial charge in [0.1, 0.15) is 0 Å². The van der Waals surface area contributed by atoms with E-state index in [0.717, 1.165) is 0 Å². The van der Waals surface area contributed by atoms with Crippen LogP contribution < -0.4 is 10.6 Å². The van der Waals surface area contributed by atoms with E-state index in [-0.39, 0.29) is 5.69 Å². The van der Waals surface area contributed by atoms with Gasteiger partial charge in [0.05, 0.1) is 10.5 Å². The summed E-state index contributed by atoms with van der Waals surface area (Å²) in [6.07, 6.45) is 4.60.